The fraction of sp³-hybridized carbons (Fsp3) is 0.333. The molecule has 1 saturated carbocycles. The Hall–Kier alpha value is -1.38. The molecule has 0 unspecified atom stereocenters. The minimum absolute atomic E-state index is 0.546. The second-order valence-electron chi connectivity index (χ2n) is 5.85. The highest BCUT2D eigenvalue weighted by molar-refractivity contribution is 6.30. The second-order valence-corrected chi connectivity index (χ2v) is 6.72. The summed E-state index contributed by atoms with van der Waals surface area (Å²) >= 11 is 11.8. The molecule has 0 bridgehead atoms. The van der Waals surface area contributed by atoms with E-state index in [0.29, 0.717) is 12.1 Å². The predicted octanol–water partition coefficient (Wildman–Crippen LogP) is 5.83. The summed E-state index contributed by atoms with van der Waals surface area (Å²) in [6.07, 6.45) is 4.70. The zero-order valence-electron chi connectivity index (χ0n) is 12.4. The third-order valence-electron chi connectivity index (χ3n) is 4.16. The zero-order chi connectivity index (χ0) is 15.4. The molecule has 116 valence electrons. The Labute approximate surface area is 141 Å². The van der Waals surface area contributed by atoms with E-state index in [2.05, 4.69) is 10.6 Å². The molecule has 2 aromatic carbocycles. The lowest BCUT2D eigenvalue weighted by Crippen LogP contribution is -2.32. The van der Waals surface area contributed by atoms with Crippen LogP contribution in [0, 0.1) is 0 Å². The van der Waals surface area contributed by atoms with E-state index in [9.17, 15) is 0 Å². The van der Waals surface area contributed by atoms with Crippen LogP contribution in [0.15, 0.2) is 48.5 Å². The van der Waals surface area contributed by atoms with Crippen molar-refractivity contribution in [1.29, 1.82) is 0 Å². The van der Waals surface area contributed by atoms with Crippen molar-refractivity contribution in [2.45, 2.75) is 37.8 Å². The Kier molecular flexibility index (Phi) is 5.12. The van der Waals surface area contributed by atoms with E-state index in [1.165, 1.54) is 25.7 Å². The Morgan fingerprint density at radius 2 is 0.909 bits per heavy atom. The van der Waals surface area contributed by atoms with Gasteiger partial charge in [0.05, 0.1) is 0 Å². The van der Waals surface area contributed by atoms with Gasteiger partial charge in [-0.05, 0) is 74.2 Å². The van der Waals surface area contributed by atoms with Crippen molar-refractivity contribution >= 4 is 34.6 Å². The molecule has 0 atom stereocenters. The van der Waals surface area contributed by atoms with Crippen molar-refractivity contribution in [3.8, 4) is 0 Å². The molecule has 0 saturated heterocycles. The zero-order valence-corrected chi connectivity index (χ0v) is 13.9. The van der Waals surface area contributed by atoms with Gasteiger partial charge in [0.15, 0.2) is 0 Å². The lowest BCUT2D eigenvalue weighted by atomic mass is 9.91. The second kappa shape index (κ2) is 7.26. The minimum atomic E-state index is 0.546. The average Bonchev–Trinajstić information content (AvgIpc) is 2.54. The summed E-state index contributed by atoms with van der Waals surface area (Å²) in [4.78, 5) is 0. The number of hydrogen-bond acceptors (Lipinski definition) is 2. The van der Waals surface area contributed by atoms with Gasteiger partial charge in [-0.3, -0.25) is 0 Å². The van der Waals surface area contributed by atoms with E-state index >= 15 is 0 Å². The van der Waals surface area contributed by atoms with E-state index in [1.807, 2.05) is 48.5 Å². The first kappa shape index (κ1) is 15.5. The van der Waals surface area contributed by atoms with E-state index in [4.69, 9.17) is 23.2 Å². The van der Waals surface area contributed by atoms with Crippen LogP contribution in [0.4, 0.5) is 11.4 Å². The molecule has 1 fully saturated rings. The first-order chi connectivity index (χ1) is 10.7. The van der Waals surface area contributed by atoms with Crippen LogP contribution in [0.5, 0.6) is 0 Å². The van der Waals surface area contributed by atoms with Gasteiger partial charge < -0.3 is 10.6 Å². The lowest BCUT2D eigenvalue weighted by Gasteiger charge is -2.31. The molecule has 0 aromatic heterocycles. The van der Waals surface area contributed by atoms with Crippen molar-refractivity contribution in [1.82, 2.24) is 0 Å². The SMILES string of the molecule is Clc1ccc(NC2CCC(Nc3ccc(Cl)cc3)CC2)cc1. The third-order valence-corrected chi connectivity index (χ3v) is 4.66. The summed E-state index contributed by atoms with van der Waals surface area (Å²) in [7, 11) is 0. The molecule has 0 aliphatic heterocycles. The number of hydrogen-bond donors (Lipinski definition) is 2. The van der Waals surface area contributed by atoms with Gasteiger partial charge in [0, 0.05) is 33.5 Å². The fourth-order valence-electron chi connectivity index (χ4n) is 2.95. The summed E-state index contributed by atoms with van der Waals surface area (Å²) in [6, 6.07) is 17.0. The van der Waals surface area contributed by atoms with Crippen LogP contribution >= 0.6 is 23.2 Å². The quantitative estimate of drug-likeness (QED) is 0.735. The maximum absolute atomic E-state index is 5.92. The lowest BCUT2D eigenvalue weighted by molar-refractivity contribution is 0.429. The summed E-state index contributed by atoms with van der Waals surface area (Å²) in [5.41, 5.74) is 2.30. The van der Waals surface area contributed by atoms with Crippen molar-refractivity contribution in [3.05, 3.63) is 58.6 Å². The van der Waals surface area contributed by atoms with Crippen LogP contribution in [0.25, 0.3) is 0 Å². The van der Waals surface area contributed by atoms with Gasteiger partial charge in [-0.25, -0.2) is 0 Å². The molecule has 0 spiro atoms. The Morgan fingerprint density at radius 1 is 0.591 bits per heavy atom. The van der Waals surface area contributed by atoms with Crippen LogP contribution < -0.4 is 10.6 Å². The summed E-state index contributed by atoms with van der Waals surface area (Å²) in [6.45, 7) is 0. The van der Waals surface area contributed by atoms with Gasteiger partial charge >= 0.3 is 0 Å². The van der Waals surface area contributed by atoms with Crippen molar-refractivity contribution in [2.75, 3.05) is 10.6 Å². The predicted molar refractivity (Wildman–Crippen MR) is 96.2 cm³/mol. The summed E-state index contributed by atoms with van der Waals surface area (Å²) in [5.74, 6) is 0. The van der Waals surface area contributed by atoms with Gasteiger partial charge in [0.1, 0.15) is 0 Å². The van der Waals surface area contributed by atoms with Crippen LogP contribution in [-0.2, 0) is 0 Å². The molecule has 4 heteroatoms. The van der Waals surface area contributed by atoms with E-state index < -0.39 is 0 Å². The molecule has 0 amide bonds. The third kappa shape index (κ3) is 4.31. The molecule has 0 radical (unpaired) electrons. The molecule has 2 aromatic rings. The summed E-state index contributed by atoms with van der Waals surface area (Å²) in [5, 5.41) is 8.75. The highest BCUT2D eigenvalue weighted by Gasteiger charge is 2.20. The Balaban J connectivity index is 1.47. The van der Waals surface area contributed by atoms with Crippen LogP contribution in [0.2, 0.25) is 10.0 Å². The monoisotopic (exact) mass is 334 g/mol. The van der Waals surface area contributed by atoms with E-state index in [-0.39, 0.29) is 0 Å². The van der Waals surface area contributed by atoms with Crippen LogP contribution in [0.3, 0.4) is 0 Å². The van der Waals surface area contributed by atoms with E-state index in [1.54, 1.807) is 0 Å². The number of halogens is 2. The van der Waals surface area contributed by atoms with Gasteiger partial charge in [-0.2, -0.15) is 0 Å². The standard InChI is InChI=1S/C18H20Cl2N2/c19-13-1-5-15(6-2-13)21-17-9-11-18(12-10-17)22-16-7-3-14(20)4-8-16/h1-8,17-18,21-22H,9-12H2. The van der Waals surface area contributed by atoms with Crippen molar-refractivity contribution < 1.29 is 0 Å². The van der Waals surface area contributed by atoms with E-state index in [0.717, 1.165) is 21.4 Å². The Bertz CT molecular complexity index is 532. The van der Waals surface area contributed by atoms with Crippen molar-refractivity contribution in [3.63, 3.8) is 0 Å². The largest absolute Gasteiger partial charge is 0.382 e. The average molecular weight is 335 g/mol. The smallest absolute Gasteiger partial charge is 0.0407 e. The van der Waals surface area contributed by atoms with Gasteiger partial charge in [-0.15, -0.1) is 0 Å². The first-order valence-corrected chi connectivity index (χ1v) is 8.49. The maximum atomic E-state index is 5.92. The number of nitrogens with one attached hydrogen (secondary N) is 2. The Morgan fingerprint density at radius 3 is 1.23 bits per heavy atom. The van der Waals surface area contributed by atoms with Crippen LogP contribution in [-0.4, -0.2) is 12.1 Å². The number of rotatable bonds is 4. The first-order valence-electron chi connectivity index (χ1n) is 7.73. The van der Waals surface area contributed by atoms with Gasteiger partial charge in [-0.1, -0.05) is 23.2 Å². The summed E-state index contributed by atoms with van der Waals surface area (Å²) < 4.78 is 0. The topological polar surface area (TPSA) is 24.1 Å². The number of anilines is 2. The highest BCUT2D eigenvalue weighted by atomic mass is 35.5. The molecule has 1 aliphatic rings. The highest BCUT2D eigenvalue weighted by Crippen LogP contribution is 2.25. The minimum Gasteiger partial charge on any atom is -0.382 e. The molecule has 1 aliphatic carbocycles. The molecular formula is C18H20Cl2N2. The normalized spacial score (nSPS) is 21.4. The molecule has 2 nitrogen and oxygen atoms in total. The fourth-order valence-corrected chi connectivity index (χ4v) is 3.20. The molecule has 2 N–H and O–H groups in total. The number of benzene rings is 2. The maximum Gasteiger partial charge on any atom is 0.0407 e. The molecule has 22 heavy (non-hydrogen) atoms. The molecule has 3 rings (SSSR count). The van der Waals surface area contributed by atoms with Gasteiger partial charge in [0.25, 0.3) is 0 Å². The van der Waals surface area contributed by atoms with Gasteiger partial charge in [0.2, 0.25) is 0 Å². The van der Waals surface area contributed by atoms with Crippen molar-refractivity contribution in [2.24, 2.45) is 0 Å². The molecule has 0 heterocycles. The van der Waals surface area contributed by atoms with Crippen LogP contribution in [0.1, 0.15) is 25.7 Å². The molecular weight excluding hydrogens is 315 g/mol.